The Morgan fingerprint density at radius 2 is 1.73 bits per heavy atom. The van der Waals surface area contributed by atoms with Crippen LogP contribution in [0.15, 0.2) is 0 Å². The van der Waals surface area contributed by atoms with Gasteiger partial charge in [0.15, 0.2) is 0 Å². The Balaban J connectivity index is 1.60. The van der Waals surface area contributed by atoms with Crippen LogP contribution < -0.4 is 5.32 Å². The predicted molar refractivity (Wildman–Crippen MR) is 101 cm³/mol. The van der Waals surface area contributed by atoms with E-state index in [1.54, 1.807) is 7.05 Å². The molecule has 0 saturated carbocycles. The molecule has 3 fully saturated rings. The van der Waals surface area contributed by atoms with Crippen molar-refractivity contribution >= 4 is 12.0 Å². The van der Waals surface area contributed by atoms with Gasteiger partial charge in [0.05, 0.1) is 6.04 Å². The Morgan fingerprint density at radius 3 is 2.31 bits per heavy atom. The molecule has 3 rings (SSSR count). The highest BCUT2D eigenvalue weighted by Gasteiger charge is 2.45. The number of hydrogen-bond acceptors (Lipinski definition) is 4. The van der Waals surface area contributed by atoms with Gasteiger partial charge in [-0.1, -0.05) is 6.42 Å². The van der Waals surface area contributed by atoms with Crippen molar-refractivity contribution in [2.75, 3.05) is 20.1 Å². The molecule has 0 radical (unpaired) electrons. The summed E-state index contributed by atoms with van der Waals surface area (Å²) in [6, 6.07) is 0.629. The molecule has 0 aliphatic carbocycles. The number of fused-ring (bicyclic) bond motifs is 2. The maximum atomic E-state index is 12.6. The van der Waals surface area contributed by atoms with E-state index in [9.17, 15) is 9.59 Å². The SMILES string of the molecule is CNC(=O)C1CCCCN1CC1CC2CCC(C1)N2C(=O)OC(C)(C)C. The van der Waals surface area contributed by atoms with Crippen molar-refractivity contribution in [1.29, 1.82) is 0 Å². The zero-order chi connectivity index (χ0) is 18.9. The topological polar surface area (TPSA) is 61.9 Å². The number of carbonyl (C=O) groups excluding carboxylic acids is 2. The second-order valence-corrected chi connectivity index (χ2v) is 9.23. The number of amides is 2. The molecule has 3 atom stereocenters. The van der Waals surface area contributed by atoms with E-state index in [4.69, 9.17) is 4.74 Å². The van der Waals surface area contributed by atoms with Crippen LogP contribution in [-0.2, 0) is 9.53 Å². The quantitative estimate of drug-likeness (QED) is 0.835. The summed E-state index contributed by atoms with van der Waals surface area (Å²) in [4.78, 5) is 29.2. The minimum absolute atomic E-state index is 0.0234. The molecule has 3 saturated heterocycles. The zero-order valence-electron chi connectivity index (χ0n) is 16.8. The first kappa shape index (κ1) is 19.5. The largest absolute Gasteiger partial charge is 0.444 e. The minimum atomic E-state index is -0.443. The van der Waals surface area contributed by atoms with Gasteiger partial charge < -0.3 is 15.0 Å². The summed E-state index contributed by atoms with van der Waals surface area (Å²) in [7, 11) is 1.73. The van der Waals surface area contributed by atoms with Crippen molar-refractivity contribution < 1.29 is 14.3 Å². The third-order valence-corrected chi connectivity index (χ3v) is 6.09. The van der Waals surface area contributed by atoms with Crippen LogP contribution in [0.5, 0.6) is 0 Å². The molecule has 0 aromatic carbocycles. The van der Waals surface area contributed by atoms with Gasteiger partial charge in [-0.25, -0.2) is 4.79 Å². The van der Waals surface area contributed by atoms with Gasteiger partial charge in [0.2, 0.25) is 5.91 Å². The molecular weight excluding hydrogens is 330 g/mol. The van der Waals surface area contributed by atoms with Crippen molar-refractivity contribution in [2.24, 2.45) is 5.92 Å². The Morgan fingerprint density at radius 1 is 1.08 bits per heavy atom. The summed E-state index contributed by atoms with van der Waals surface area (Å²) in [6.45, 7) is 7.77. The fraction of sp³-hybridized carbons (Fsp3) is 0.900. The molecule has 2 amide bonds. The standard InChI is InChI=1S/C20H35N3O3/c1-20(2,3)26-19(25)23-15-8-9-16(23)12-14(11-15)13-22-10-6-5-7-17(22)18(24)21-4/h14-17H,5-13H2,1-4H3,(H,21,24). The lowest BCUT2D eigenvalue weighted by Gasteiger charge is -2.42. The Kier molecular flexibility index (Phi) is 5.80. The normalized spacial score (nSPS) is 32.4. The van der Waals surface area contributed by atoms with Gasteiger partial charge in [-0.05, 0) is 71.8 Å². The first-order valence-electron chi connectivity index (χ1n) is 10.3. The van der Waals surface area contributed by atoms with Crippen molar-refractivity contribution in [1.82, 2.24) is 15.1 Å². The first-order chi connectivity index (χ1) is 12.3. The van der Waals surface area contributed by atoms with Crippen LogP contribution >= 0.6 is 0 Å². The minimum Gasteiger partial charge on any atom is -0.444 e. The van der Waals surface area contributed by atoms with Crippen LogP contribution in [0.2, 0.25) is 0 Å². The highest BCUT2D eigenvalue weighted by molar-refractivity contribution is 5.81. The van der Waals surface area contributed by atoms with Crippen LogP contribution in [0.1, 0.15) is 65.7 Å². The molecule has 3 aliphatic rings. The first-order valence-corrected chi connectivity index (χ1v) is 10.3. The Bertz CT molecular complexity index is 517. The number of piperidine rings is 2. The predicted octanol–water partition coefficient (Wildman–Crippen LogP) is 2.77. The molecule has 1 N–H and O–H groups in total. The van der Waals surface area contributed by atoms with Crippen molar-refractivity contribution in [3.05, 3.63) is 0 Å². The lowest BCUT2D eigenvalue weighted by Crippen LogP contribution is -2.53. The second-order valence-electron chi connectivity index (χ2n) is 9.23. The average Bonchev–Trinajstić information content (AvgIpc) is 2.84. The summed E-state index contributed by atoms with van der Waals surface area (Å²) >= 11 is 0. The van der Waals surface area contributed by atoms with E-state index in [1.165, 1.54) is 6.42 Å². The summed E-state index contributed by atoms with van der Waals surface area (Å²) in [5.74, 6) is 0.718. The summed E-state index contributed by atoms with van der Waals surface area (Å²) in [5, 5.41) is 2.83. The fourth-order valence-electron chi connectivity index (χ4n) is 5.06. The van der Waals surface area contributed by atoms with Crippen molar-refractivity contribution in [3.8, 4) is 0 Å². The number of likely N-dealkylation sites (N-methyl/N-ethyl adjacent to an activating group) is 1. The lowest BCUT2D eigenvalue weighted by atomic mass is 9.89. The molecule has 3 heterocycles. The Labute approximate surface area is 157 Å². The number of carbonyl (C=O) groups is 2. The molecule has 26 heavy (non-hydrogen) atoms. The number of ether oxygens (including phenoxy) is 1. The van der Waals surface area contributed by atoms with Crippen molar-refractivity contribution in [2.45, 2.75) is 89.4 Å². The van der Waals surface area contributed by atoms with Crippen LogP contribution in [0.25, 0.3) is 0 Å². The van der Waals surface area contributed by atoms with E-state index in [-0.39, 0.29) is 18.0 Å². The van der Waals surface area contributed by atoms with E-state index >= 15 is 0 Å². The van der Waals surface area contributed by atoms with E-state index in [1.807, 2.05) is 25.7 Å². The number of hydrogen-bond donors (Lipinski definition) is 1. The van der Waals surface area contributed by atoms with Gasteiger partial charge in [0, 0.05) is 25.7 Å². The third kappa shape index (κ3) is 4.33. The highest BCUT2D eigenvalue weighted by atomic mass is 16.6. The summed E-state index contributed by atoms with van der Waals surface area (Å²) < 4.78 is 5.63. The average molecular weight is 366 g/mol. The van der Waals surface area contributed by atoms with Gasteiger partial charge in [0.1, 0.15) is 5.60 Å². The Hall–Kier alpha value is -1.30. The van der Waals surface area contributed by atoms with Gasteiger partial charge in [-0.2, -0.15) is 0 Å². The van der Waals surface area contributed by atoms with Crippen LogP contribution in [0, 0.1) is 5.92 Å². The van der Waals surface area contributed by atoms with Crippen LogP contribution in [-0.4, -0.2) is 65.7 Å². The second kappa shape index (κ2) is 7.75. The smallest absolute Gasteiger partial charge is 0.410 e. The van der Waals surface area contributed by atoms with Gasteiger partial charge in [-0.3, -0.25) is 9.69 Å². The lowest BCUT2D eigenvalue weighted by molar-refractivity contribution is -0.127. The monoisotopic (exact) mass is 365 g/mol. The van der Waals surface area contributed by atoms with Gasteiger partial charge >= 0.3 is 6.09 Å². The van der Waals surface area contributed by atoms with E-state index in [0.717, 1.165) is 51.6 Å². The van der Waals surface area contributed by atoms with Crippen LogP contribution in [0.4, 0.5) is 4.79 Å². The molecule has 148 valence electrons. The molecule has 0 spiro atoms. The van der Waals surface area contributed by atoms with Crippen LogP contribution in [0.3, 0.4) is 0 Å². The number of nitrogens with zero attached hydrogens (tertiary/aromatic N) is 2. The molecule has 3 aliphatic heterocycles. The fourth-order valence-corrected chi connectivity index (χ4v) is 5.06. The zero-order valence-corrected chi connectivity index (χ0v) is 16.8. The molecule has 6 heteroatoms. The summed E-state index contributed by atoms with van der Waals surface area (Å²) in [5.41, 5.74) is -0.443. The molecule has 0 aromatic rings. The van der Waals surface area contributed by atoms with Crippen molar-refractivity contribution in [3.63, 3.8) is 0 Å². The summed E-state index contributed by atoms with van der Waals surface area (Å²) in [6.07, 6.45) is 7.36. The molecule has 2 bridgehead atoms. The maximum Gasteiger partial charge on any atom is 0.410 e. The van der Waals surface area contributed by atoms with Gasteiger partial charge in [-0.15, -0.1) is 0 Å². The third-order valence-electron chi connectivity index (χ3n) is 6.09. The number of likely N-dealkylation sites (tertiary alicyclic amines) is 1. The number of nitrogens with one attached hydrogen (secondary N) is 1. The van der Waals surface area contributed by atoms with Gasteiger partial charge in [0.25, 0.3) is 0 Å². The van der Waals surface area contributed by atoms with E-state index in [0.29, 0.717) is 18.0 Å². The van der Waals surface area contributed by atoms with E-state index < -0.39 is 5.60 Å². The maximum absolute atomic E-state index is 12.6. The molecule has 0 aromatic heterocycles. The molecular formula is C20H35N3O3. The number of rotatable bonds is 3. The molecule has 3 unspecified atom stereocenters. The molecule has 6 nitrogen and oxygen atoms in total. The van der Waals surface area contributed by atoms with E-state index in [2.05, 4.69) is 10.2 Å². The highest BCUT2D eigenvalue weighted by Crippen LogP contribution is 2.40.